The molecule has 92 valence electrons. The molecule has 4 heteroatoms. The molecule has 1 aromatic rings. The van der Waals surface area contributed by atoms with Gasteiger partial charge in [-0.1, -0.05) is 34.1 Å². The zero-order valence-corrected chi connectivity index (χ0v) is 11.4. The summed E-state index contributed by atoms with van der Waals surface area (Å²) in [5.41, 5.74) is 1.06. The fourth-order valence-electron chi connectivity index (χ4n) is 2.01. The molecule has 0 radical (unpaired) electrons. The molecule has 1 N–H and O–H groups in total. The summed E-state index contributed by atoms with van der Waals surface area (Å²) < 4.78 is 1.02. The third-order valence-corrected chi connectivity index (χ3v) is 3.77. The van der Waals surface area contributed by atoms with Crippen LogP contribution >= 0.6 is 15.9 Å². The number of carbonyl (C=O) groups is 1. The zero-order chi connectivity index (χ0) is 12.1. The van der Waals surface area contributed by atoms with E-state index in [9.17, 15) is 4.79 Å². The molecule has 0 aromatic heterocycles. The maximum absolute atomic E-state index is 12.1. The fraction of sp³-hybridized carbons (Fsp3) is 0.462. The number of benzene rings is 1. The Labute approximate surface area is 110 Å². The van der Waals surface area contributed by atoms with Gasteiger partial charge in [-0.05, 0) is 24.6 Å². The normalized spacial score (nSPS) is 16.6. The van der Waals surface area contributed by atoms with E-state index >= 15 is 0 Å². The lowest BCUT2D eigenvalue weighted by molar-refractivity contribution is -0.130. The molecule has 0 saturated carbocycles. The van der Waals surface area contributed by atoms with Crippen molar-refractivity contribution in [1.29, 1.82) is 0 Å². The first-order valence-electron chi connectivity index (χ1n) is 5.99. The average molecular weight is 297 g/mol. The summed E-state index contributed by atoms with van der Waals surface area (Å²) in [6, 6.07) is 7.91. The van der Waals surface area contributed by atoms with Crippen LogP contribution in [-0.2, 0) is 11.2 Å². The third-order valence-electron chi connectivity index (χ3n) is 2.99. The van der Waals surface area contributed by atoms with E-state index in [0.29, 0.717) is 6.42 Å². The molecular formula is C13H17BrN2O. The number of amides is 1. The van der Waals surface area contributed by atoms with Crippen LogP contribution in [0.25, 0.3) is 0 Å². The van der Waals surface area contributed by atoms with E-state index in [0.717, 1.165) is 42.6 Å². The van der Waals surface area contributed by atoms with Gasteiger partial charge in [0.15, 0.2) is 0 Å². The van der Waals surface area contributed by atoms with Crippen LogP contribution in [-0.4, -0.2) is 37.0 Å². The van der Waals surface area contributed by atoms with Crippen LogP contribution in [0.15, 0.2) is 28.7 Å². The maximum atomic E-state index is 12.1. The van der Waals surface area contributed by atoms with E-state index in [4.69, 9.17) is 0 Å². The van der Waals surface area contributed by atoms with E-state index < -0.39 is 0 Å². The summed E-state index contributed by atoms with van der Waals surface area (Å²) in [5.74, 6) is 0.223. The predicted molar refractivity (Wildman–Crippen MR) is 71.9 cm³/mol. The second-order valence-electron chi connectivity index (χ2n) is 4.25. The third kappa shape index (κ3) is 3.54. The summed E-state index contributed by atoms with van der Waals surface area (Å²) in [6.07, 6.45) is 1.53. The molecule has 0 atom stereocenters. The van der Waals surface area contributed by atoms with Gasteiger partial charge in [-0.25, -0.2) is 0 Å². The minimum atomic E-state index is 0.223. The van der Waals surface area contributed by atoms with Gasteiger partial charge < -0.3 is 10.2 Å². The van der Waals surface area contributed by atoms with Crippen molar-refractivity contribution >= 4 is 21.8 Å². The summed E-state index contributed by atoms with van der Waals surface area (Å²) in [5, 5.41) is 3.30. The van der Waals surface area contributed by atoms with Crippen LogP contribution in [0.5, 0.6) is 0 Å². The van der Waals surface area contributed by atoms with E-state index in [2.05, 4.69) is 21.2 Å². The highest BCUT2D eigenvalue weighted by molar-refractivity contribution is 9.10. The van der Waals surface area contributed by atoms with E-state index in [1.165, 1.54) is 0 Å². The van der Waals surface area contributed by atoms with Crippen molar-refractivity contribution < 1.29 is 4.79 Å². The van der Waals surface area contributed by atoms with Crippen molar-refractivity contribution in [2.45, 2.75) is 12.8 Å². The first-order chi connectivity index (χ1) is 8.27. The highest BCUT2D eigenvalue weighted by atomic mass is 79.9. The number of carbonyl (C=O) groups excluding carboxylic acids is 1. The lowest BCUT2D eigenvalue weighted by Crippen LogP contribution is -2.35. The van der Waals surface area contributed by atoms with Crippen molar-refractivity contribution in [2.75, 3.05) is 26.2 Å². The van der Waals surface area contributed by atoms with Crippen molar-refractivity contribution in [3.05, 3.63) is 34.3 Å². The van der Waals surface area contributed by atoms with Crippen molar-refractivity contribution in [1.82, 2.24) is 10.2 Å². The Bertz CT molecular complexity index is 387. The van der Waals surface area contributed by atoms with Gasteiger partial charge in [0.05, 0.1) is 6.42 Å². The van der Waals surface area contributed by atoms with Crippen LogP contribution in [0.1, 0.15) is 12.0 Å². The molecule has 1 saturated heterocycles. The Morgan fingerprint density at radius 3 is 2.94 bits per heavy atom. The van der Waals surface area contributed by atoms with Gasteiger partial charge in [0, 0.05) is 24.1 Å². The number of nitrogens with zero attached hydrogens (tertiary/aromatic N) is 1. The smallest absolute Gasteiger partial charge is 0.227 e. The van der Waals surface area contributed by atoms with Crippen LogP contribution in [0.2, 0.25) is 0 Å². The molecule has 1 aliphatic rings. The van der Waals surface area contributed by atoms with Crippen molar-refractivity contribution in [2.24, 2.45) is 0 Å². The second kappa shape index (κ2) is 6.17. The SMILES string of the molecule is O=C(Cc1ccccc1Br)N1CCCNCC1. The minimum Gasteiger partial charge on any atom is -0.341 e. The summed E-state index contributed by atoms with van der Waals surface area (Å²) in [6.45, 7) is 3.61. The standard InChI is InChI=1S/C13H17BrN2O/c14-12-5-2-1-4-11(12)10-13(17)16-8-3-6-15-7-9-16/h1-2,4-5,15H,3,6-10H2. The highest BCUT2D eigenvalue weighted by Gasteiger charge is 2.16. The van der Waals surface area contributed by atoms with E-state index in [-0.39, 0.29) is 5.91 Å². The zero-order valence-electron chi connectivity index (χ0n) is 9.79. The summed E-state index contributed by atoms with van der Waals surface area (Å²) >= 11 is 3.48. The van der Waals surface area contributed by atoms with Crippen LogP contribution in [0, 0.1) is 0 Å². The van der Waals surface area contributed by atoms with Crippen LogP contribution in [0.4, 0.5) is 0 Å². The van der Waals surface area contributed by atoms with E-state index in [1.807, 2.05) is 29.2 Å². The summed E-state index contributed by atoms with van der Waals surface area (Å²) in [7, 11) is 0. The Morgan fingerprint density at radius 2 is 2.12 bits per heavy atom. The lowest BCUT2D eigenvalue weighted by atomic mass is 10.1. The van der Waals surface area contributed by atoms with Crippen LogP contribution in [0.3, 0.4) is 0 Å². The maximum Gasteiger partial charge on any atom is 0.227 e. The topological polar surface area (TPSA) is 32.3 Å². The Morgan fingerprint density at radius 1 is 1.29 bits per heavy atom. The van der Waals surface area contributed by atoms with Gasteiger partial charge in [-0.15, -0.1) is 0 Å². The van der Waals surface area contributed by atoms with Crippen molar-refractivity contribution in [3.63, 3.8) is 0 Å². The second-order valence-corrected chi connectivity index (χ2v) is 5.11. The average Bonchev–Trinajstić information content (AvgIpc) is 2.61. The Kier molecular flexibility index (Phi) is 4.57. The van der Waals surface area contributed by atoms with Gasteiger partial charge in [0.25, 0.3) is 0 Å². The molecule has 0 unspecified atom stereocenters. The largest absolute Gasteiger partial charge is 0.341 e. The quantitative estimate of drug-likeness (QED) is 0.903. The highest BCUT2D eigenvalue weighted by Crippen LogP contribution is 2.17. The predicted octanol–water partition coefficient (Wildman–Crippen LogP) is 1.81. The lowest BCUT2D eigenvalue weighted by Gasteiger charge is -2.20. The fourth-order valence-corrected chi connectivity index (χ4v) is 2.44. The van der Waals surface area contributed by atoms with Crippen molar-refractivity contribution in [3.8, 4) is 0 Å². The molecule has 0 aliphatic carbocycles. The molecule has 3 nitrogen and oxygen atoms in total. The van der Waals surface area contributed by atoms with Gasteiger partial charge >= 0.3 is 0 Å². The van der Waals surface area contributed by atoms with Gasteiger partial charge in [-0.2, -0.15) is 0 Å². The molecule has 17 heavy (non-hydrogen) atoms. The molecule has 1 aromatic carbocycles. The van der Waals surface area contributed by atoms with Gasteiger partial charge in [0.1, 0.15) is 0 Å². The molecule has 1 aliphatic heterocycles. The van der Waals surface area contributed by atoms with Crippen LogP contribution < -0.4 is 5.32 Å². The number of hydrogen-bond acceptors (Lipinski definition) is 2. The monoisotopic (exact) mass is 296 g/mol. The van der Waals surface area contributed by atoms with E-state index in [1.54, 1.807) is 0 Å². The molecular weight excluding hydrogens is 280 g/mol. The molecule has 2 rings (SSSR count). The number of nitrogens with one attached hydrogen (secondary N) is 1. The van der Waals surface area contributed by atoms with Gasteiger partial charge in [-0.3, -0.25) is 4.79 Å². The minimum absolute atomic E-state index is 0.223. The number of halogens is 1. The Balaban J connectivity index is 1.98. The molecule has 0 spiro atoms. The first-order valence-corrected chi connectivity index (χ1v) is 6.78. The number of hydrogen-bond donors (Lipinski definition) is 1. The number of rotatable bonds is 2. The van der Waals surface area contributed by atoms with Gasteiger partial charge in [0.2, 0.25) is 5.91 Å². The Hall–Kier alpha value is -0.870. The molecule has 1 fully saturated rings. The molecule has 1 heterocycles. The first kappa shape index (κ1) is 12.6. The molecule has 0 bridgehead atoms. The molecule has 1 amide bonds. The summed E-state index contributed by atoms with van der Waals surface area (Å²) in [4.78, 5) is 14.1.